The van der Waals surface area contributed by atoms with Gasteiger partial charge in [-0.05, 0) is 24.3 Å². The van der Waals surface area contributed by atoms with Crippen molar-refractivity contribution in [1.82, 2.24) is 4.09 Å². The molecule has 3 heteroatoms. The molecular weight excluding hydrogens is 165 g/mol. The molecule has 0 N–H and O–H groups in total. The van der Waals surface area contributed by atoms with Gasteiger partial charge >= 0.3 is 0 Å². The van der Waals surface area contributed by atoms with E-state index >= 15 is 0 Å². The molecular formula is C8H5ClFN. The zero-order valence-electron chi connectivity index (χ0n) is 5.59. The minimum Gasteiger partial charge on any atom is -0.260 e. The fourth-order valence-electron chi connectivity index (χ4n) is 1.07. The van der Waals surface area contributed by atoms with Crippen LogP contribution in [0.3, 0.4) is 0 Å². The van der Waals surface area contributed by atoms with Gasteiger partial charge in [-0.2, -0.15) is 0 Å². The summed E-state index contributed by atoms with van der Waals surface area (Å²) in [7, 11) is 0. The van der Waals surface area contributed by atoms with E-state index in [-0.39, 0.29) is 5.82 Å². The highest BCUT2D eigenvalue weighted by atomic mass is 35.5. The molecule has 2 rings (SSSR count). The van der Waals surface area contributed by atoms with E-state index in [1.807, 2.05) is 6.07 Å². The predicted octanol–water partition coefficient (Wildman–Crippen LogP) is 2.78. The van der Waals surface area contributed by atoms with Crippen LogP contribution in [0.4, 0.5) is 4.39 Å². The molecule has 0 saturated carbocycles. The third-order valence-electron chi connectivity index (χ3n) is 1.61. The summed E-state index contributed by atoms with van der Waals surface area (Å²) in [6.45, 7) is 0. The molecule has 0 bridgehead atoms. The first-order valence-corrected chi connectivity index (χ1v) is 3.54. The Labute approximate surface area is 68.1 Å². The molecule has 1 nitrogen and oxygen atoms in total. The molecule has 0 unspecified atom stereocenters. The Hall–Kier alpha value is -1.02. The molecule has 1 aromatic heterocycles. The molecule has 0 aliphatic carbocycles. The van der Waals surface area contributed by atoms with E-state index in [1.165, 1.54) is 16.2 Å². The first-order valence-electron chi connectivity index (χ1n) is 3.20. The Bertz CT molecular complexity index is 394. The molecule has 1 heterocycles. The topological polar surface area (TPSA) is 4.93 Å². The van der Waals surface area contributed by atoms with Gasteiger partial charge in [0.05, 0.1) is 5.52 Å². The third-order valence-corrected chi connectivity index (χ3v) is 1.90. The van der Waals surface area contributed by atoms with Crippen LogP contribution in [0.25, 0.3) is 10.9 Å². The van der Waals surface area contributed by atoms with Crippen LogP contribution in [0, 0.1) is 5.82 Å². The molecule has 2 aromatic rings. The highest BCUT2D eigenvalue weighted by Crippen LogP contribution is 2.17. The number of hydrogen-bond acceptors (Lipinski definition) is 0. The lowest BCUT2D eigenvalue weighted by Crippen LogP contribution is -1.77. The smallest absolute Gasteiger partial charge is 0.125 e. The third kappa shape index (κ3) is 0.994. The number of benzene rings is 1. The zero-order valence-corrected chi connectivity index (χ0v) is 6.35. The van der Waals surface area contributed by atoms with Crippen molar-refractivity contribution in [3.63, 3.8) is 0 Å². The molecule has 0 amide bonds. The summed E-state index contributed by atoms with van der Waals surface area (Å²) in [5, 5.41) is 0.946. The van der Waals surface area contributed by atoms with E-state index in [1.54, 1.807) is 12.3 Å². The van der Waals surface area contributed by atoms with E-state index in [9.17, 15) is 4.39 Å². The summed E-state index contributed by atoms with van der Waals surface area (Å²) in [4.78, 5) is 0. The molecule has 0 radical (unpaired) electrons. The monoisotopic (exact) mass is 169 g/mol. The first-order chi connectivity index (χ1) is 5.27. The highest BCUT2D eigenvalue weighted by Gasteiger charge is 1.98. The second-order valence-electron chi connectivity index (χ2n) is 2.33. The number of halogens is 2. The normalized spacial score (nSPS) is 10.7. The Morgan fingerprint density at radius 3 is 2.91 bits per heavy atom. The zero-order chi connectivity index (χ0) is 7.84. The van der Waals surface area contributed by atoms with Crippen LogP contribution in [0.1, 0.15) is 0 Å². The van der Waals surface area contributed by atoms with Crippen molar-refractivity contribution < 1.29 is 4.39 Å². The summed E-state index contributed by atoms with van der Waals surface area (Å²) in [6, 6.07) is 6.35. The number of nitrogens with zero attached hydrogens (tertiary/aromatic N) is 1. The minimum atomic E-state index is -0.266. The first kappa shape index (κ1) is 6.68. The van der Waals surface area contributed by atoms with Crippen LogP contribution in [-0.4, -0.2) is 4.09 Å². The highest BCUT2D eigenvalue weighted by molar-refractivity contribution is 6.19. The van der Waals surface area contributed by atoms with Crippen molar-refractivity contribution in [2.45, 2.75) is 0 Å². The maximum Gasteiger partial charge on any atom is 0.125 e. The molecule has 0 aliphatic rings. The van der Waals surface area contributed by atoms with Gasteiger partial charge in [-0.3, -0.25) is 4.09 Å². The number of aromatic nitrogens is 1. The lowest BCUT2D eigenvalue weighted by Gasteiger charge is -1.92. The van der Waals surface area contributed by atoms with Crippen LogP contribution >= 0.6 is 11.8 Å². The molecule has 11 heavy (non-hydrogen) atoms. The van der Waals surface area contributed by atoms with Crippen LogP contribution in [0.2, 0.25) is 0 Å². The summed E-state index contributed by atoms with van der Waals surface area (Å²) < 4.78 is 14.0. The summed E-state index contributed by atoms with van der Waals surface area (Å²) in [6.07, 6.45) is 1.69. The van der Waals surface area contributed by atoms with Crippen LogP contribution in [-0.2, 0) is 0 Å². The van der Waals surface area contributed by atoms with E-state index in [0.29, 0.717) is 5.52 Å². The quantitative estimate of drug-likeness (QED) is 0.572. The van der Waals surface area contributed by atoms with Gasteiger partial charge in [0.15, 0.2) is 0 Å². The van der Waals surface area contributed by atoms with Crippen LogP contribution in [0.15, 0.2) is 30.5 Å². The molecule has 0 fully saturated rings. The second-order valence-corrected chi connectivity index (χ2v) is 2.69. The second kappa shape index (κ2) is 2.24. The summed E-state index contributed by atoms with van der Waals surface area (Å²) in [5.74, 6) is -0.266. The van der Waals surface area contributed by atoms with Gasteiger partial charge in [-0.1, -0.05) is 0 Å². The molecule has 0 aliphatic heterocycles. The Morgan fingerprint density at radius 1 is 1.27 bits per heavy atom. The van der Waals surface area contributed by atoms with Crippen molar-refractivity contribution >= 4 is 22.7 Å². The molecule has 1 aromatic carbocycles. The van der Waals surface area contributed by atoms with Crippen molar-refractivity contribution in [1.29, 1.82) is 0 Å². The fraction of sp³-hybridized carbons (Fsp3) is 0. The van der Waals surface area contributed by atoms with Gasteiger partial charge < -0.3 is 0 Å². The number of rotatable bonds is 0. The maximum absolute atomic E-state index is 12.6. The summed E-state index contributed by atoms with van der Waals surface area (Å²) in [5.41, 5.74) is 0.701. The molecule has 0 spiro atoms. The lowest BCUT2D eigenvalue weighted by molar-refractivity contribution is 0.629. The van der Waals surface area contributed by atoms with Gasteiger partial charge in [0.2, 0.25) is 0 Å². The van der Waals surface area contributed by atoms with Crippen molar-refractivity contribution in [3.05, 3.63) is 36.3 Å². The van der Waals surface area contributed by atoms with E-state index < -0.39 is 0 Å². The van der Waals surface area contributed by atoms with Crippen LogP contribution < -0.4 is 0 Å². The SMILES string of the molecule is Fc1ccc2ccn(Cl)c2c1. The molecule has 0 atom stereocenters. The standard InChI is InChI=1S/C8H5ClFN/c9-11-4-3-6-1-2-7(10)5-8(6)11/h1-5H. The number of hydrogen-bond donors (Lipinski definition) is 0. The van der Waals surface area contributed by atoms with E-state index in [4.69, 9.17) is 11.8 Å². The van der Waals surface area contributed by atoms with Gasteiger partial charge in [-0.25, -0.2) is 4.39 Å². The lowest BCUT2D eigenvalue weighted by atomic mass is 10.2. The average molecular weight is 170 g/mol. The van der Waals surface area contributed by atoms with Crippen LogP contribution in [0.5, 0.6) is 0 Å². The van der Waals surface area contributed by atoms with E-state index in [0.717, 1.165) is 5.39 Å². The van der Waals surface area contributed by atoms with Gasteiger partial charge in [0.25, 0.3) is 0 Å². The number of fused-ring (bicyclic) bond motifs is 1. The van der Waals surface area contributed by atoms with Gasteiger partial charge in [0, 0.05) is 23.4 Å². The average Bonchev–Trinajstić information content (AvgIpc) is 2.33. The van der Waals surface area contributed by atoms with Gasteiger partial charge in [0.1, 0.15) is 5.82 Å². The minimum absolute atomic E-state index is 0.266. The van der Waals surface area contributed by atoms with Crippen molar-refractivity contribution in [2.24, 2.45) is 0 Å². The predicted molar refractivity (Wildman–Crippen MR) is 43.1 cm³/mol. The summed E-state index contributed by atoms with van der Waals surface area (Å²) >= 11 is 5.69. The Kier molecular flexibility index (Phi) is 1.36. The fourth-order valence-corrected chi connectivity index (χ4v) is 1.27. The Balaban J connectivity index is 2.87. The van der Waals surface area contributed by atoms with Crippen molar-refractivity contribution in [2.75, 3.05) is 0 Å². The van der Waals surface area contributed by atoms with E-state index in [2.05, 4.69) is 0 Å². The molecule has 56 valence electrons. The van der Waals surface area contributed by atoms with Gasteiger partial charge in [-0.15, -0.1) is 0 Å². The maximum atomic E-state index is 12.6. The van der Waals surface area contributed by atoms with Crippen molar-refractivity contribution in [3.8, 4) is 0 Å². The Morgan fingerprint density at radius 2 is 2.09 bits per heavy atom. The largest absolute Gasteiger partial charge is 0.260 e. The molecule has 0 saturated heterocycles.